The highest BCUT2D eigenvalue weighted by Crippen LogP contribution is 2.35. The molecule has 0 spiro atoms. The Morgan fingerprint density at radius 3 is 2.16 bits per heavy atom. The van der Waals surface area contributed by atoms with Crippen LogP contribution in [0.15, 0.2) is 84.2 Å². The van der Waals surface area contributed by atoms with Gasteiger partial charge in [-0.3, -0.25) is 9.59 Å². The van der Waals surface area contributed by atoms with E-state index in [1.54, 1.807) is 18.3 Å². The van der Waals surface area contributed by atoms with Crippen LogP contribution in [0.4, 0.5) is 0 Å². The van der Waals surface area contributed by atoms with Crippen molar-refractivity contribution in [3.05, 3.63) is 95.4 Å². The summed E-state index contributed by atoms with van der Waals surface area (Å²) in [6.45, 7) is 0.352. The Balaban J connectivity index is 1.51. The quantitative estimate of drug-likeness (QED) is 0.211. The molecule has 5 rings (SSSR count). The average molecular weight is 604 g/mol. The van der Waals surface area contributed by atoms with Gasteiger partial charge in [0.05, 0.1) is 6.61 Å². The lowest BCUT2D eigenvalue weighted by Crippen LogP contribution is -2.52. The van der Waals surface area contributed by atoms with Gasteiger partial charge in [-0.25, -0.2) is 9.59 Å². The summed E-state index contributed by atoms with van der Waals surface area (Å²) in [6.07, 6.45) is -1.16. The summed E-state index contributed by atoms with van der Waals surface area (Å²) < 4.78 is 11.2. The minimum absolute atomic E-state index is 0.392. The number of thiophene rings is 1. The number of amides is 1. The zero-order valence-corrected chi connectivity index (χ0v) is 23.9. The Kier molecular flexibility index (Phi) is 8.58. The summed E-state index contributed by atoms with van der Waals surface area (Å²) in [6, 6.07) is 24.9. The van der Waals surface area contributed by atoms with Crippen molar-refractivity contribution in [3.8, 4) is 11.1 Å². The van der Waals surface area contributed by atoms with Crippen LogP contribution in [-0.4, -0.2) is 75.1 Å². The third kappa shape index (κ3) is 6.00. The molecule has 0 radical (unpaired) electrons. The van der Waals surface area contributed by atoms with Gasteiger partial charge in [-0.05, 0) is 52.4 Å². The first-order valence-electron chi connectivity index (χ1n) is 13.5. The highest BCUT2D eigenvalue weighted by atomic mass is 32.1. The second-order valence-electron chi connectivity index (χ2n) is 10.3. The number of ether oxygens (including phenoxy) is 2. The molecule has 2 heterocycles. The molecule has 0 bridgehead atoms. The summed E-state index contributed by atoms with van der Waals surface area (Å²) in [4.78, 5) is 50.1. The van der Waals surface area contributed by atoms with Gasteiger partial charge in [-0.1, -0.05) is 72.8 Å². The molecule has 3 aromatic carbocycles. The van der Waals surface area contributed by atoms with Gasteiger partial charge in [-0.15, -0.1) is 11.3 Å². The molecule has 43 heavy (non-hydrogen) atoms. The number of nitrogens with zero attached hydrogens (tertiary/aromatic N) is 1. The van der Waals surface area contributed by atoms with E-state index in [2.05, 4.69) is 0 Å². The minimum Gasteiger partial charge on any atom is -0.480 e. The maximum atomic E-state index is 13.7. The molecule has 4 aromatic rings. The average Bonchev–Trinajstić information content (AvgIpc) is 3.65. The lowest BCUT2D eigenvalue weighted by molar-refractivity contribution is -0.218. The largest absolute Gasteiger partial charge is 0.480 e. The van der Waals surface area contributed by atoms with Crippen LogP contribution >= 0.6 is 11.3 Å². The van der Waals surface area contributed by atoms with Crippen molar-refractivity contribution in [1.82, 2.24) is 4.90 Å². The Bertz CT molecular complexity index is 1640. The molecule has 1 aliphatic rings. The van der Waals surface area contributed by atoms with Crippen molar-refractivity contribution in [2.45, 2.75) is 37.2 Å². The third-order valence-corrected chi connectivity index (χ3v) is 8.71. The number of carbonyl (C=O) groups excluding carboxylic acids is 1. The maximum absolute atomic E-state index is 13.7. The molecule has 3 N–H and O–H groups in total. The predicted octanol–water partition coefficient (Wildman–Crippen LogP) is 4.48. The lowest BCUT2D eigenvalue weighted by Gasteiger charge is -2.35. The maximum Gasteiger partial charge on any atom is 0.377 e. The summed E-state index contributed by atoms with van der Waals surface area (Å²) >= 11 is 1.59. The van der Waals surface area contributed by atoms with E-state index in [9.17, 15) is 34.5 Å². The molecule has 0 aliphatic carbocycles. The van der Waals surface area contributed by atoms with E-state index in [0.717, 1.165) is 37.2 Å². The second kappa shape index (κ2) is 12.3. The molecular formula is C32H29NO9S. The molecule has 1 aromatic heterocycles. The van der Waals surface area contributed by atoms with Crippen LogP contribution in [-0.2, 0) is 35.1 Å². The number of carboxylic acids is 3. The number of hydrogen-bond acceptors (Lipinski definition) is 7. The number of hydrogen-bond donors (Lipinski definition) is 3. The van der Waals surface area contributed by atoms with E-state index < -0.39 is 60.8 Å². The van der Waals surface area contributed by atoms with E-state index in [4.69, 9.17) is 9.47 Å². The first-order chi connectivity index (χ1) is 20.6. The summed E-state index contributed by atoms with van der Waals surface area (Å²) in [7, 11) is 0. The second-order valence-corrected chi connectivity index (χ2v) is 11.2. The molecule has 1 saturated heterocycles. The van der Waals surface area contributed by atoms with Crippen molar-refractivity contribution in [3.63, 3.8) is 0 Å². The standard InChI is InChI=1S/C32H29NO9S/c1-19(33(16-28(34)35)29(36)26-17-41-32(42-26,30(37)38)31(39)40)25(15-23-18-43-27-10-6-5-9-24(23)27)22-13-11-21(12-14-22)20-7-3-2-4-8-20/h2-14,18-19,25-26H,15-17H2,1H3,(H,34,35)(H,37,38)(H,39,40)/t19-,25-,26-/m0/s1. The first-order valence-corrected chi connectivity index (χ1v) is 14.4. The first kappa shape index (κ1) is 29.9. The summed E-state index contributed by atoms with van der Waals surface area (Å²) in [5.41, 5.74) is 3.91. The molecule has 10 nitrogen and oxygen atoms in total. The fraction of sp³-hybridized carbons (Fsp3) is 0.250. The molecule has 0 saturated carbocycles. The SMILES string of the molecule is C[C@@H]([C@H](Cc1csc2ccccc12)c1ccc(-c2ccccc2)cc1)N(CC(=O)O)C(=O)[C@@H]1COC(C(=O)O)(C(=O)O)O1. The molecule has 11 heteroatoms. The van der Waals surface area contributed by atoms with E-state index in [-0.39, 0.29) is 0 Å². The molecule has 1 fully saturated rings. The van der Waals surface area contributed by atoms with Gasteiger partial charge >= 0.3 is 23.7 Å². The van der Waals surface area contributed by atoms with Crippen LogP contribution in [0, 0.1) is 0 Å². The molecule has 1 aliphatic heterocycles. The topological polar surface area (TPSA) is 151 Å². The van der Waals surface area contributed by atoms with Gasteiger partial charge < -0.3 is 29.7 Å². The highest BCUT2D eigenvalue weighted by molar-refractivity contribution is 7.17. The van der Waals surface area contributed by atoms with Gasteiger partial charge in [0.25, 0.3) is 5.91 Å². The van der Waals surface area contributed by atoms with Crippen molar-refractivity contribution >= 4 is 45.2 Å². The fourth-order valence-electron chi connectivity index (χ4n) is 5.42. The fourth-order valence-corrected chi connectivity index (χ4v) is 6.39. The highest BCUT2D eigenvalue weighted by Gasteiger charge is 2.58. The number of rotatable bonds is 11. The van der Waals surface area contributed by atoms with E-state index in [0.29, 0.717) is 6.42 Å². The summed E-state index contributed by atoms with van der Waals surface area (Å²) in [5, 5.41) is 31.8. The van der Waals surface area contributed by atoms with E-state index in [1.807, 2.05) is 84.2 Å². The lowest BCUT2D eigenvalue weighted by atomic mass is 9.84. The Morgan fingerprint density at radius 1 is 0.907 bits per heavy atom. The van der Waals surface area contributed by atoms with Crippen molar-refractivity contribution in [2.75, 3.05) is 13.2 Å². The van der Waals surface area contributed by atoms with Gasteiger partial charge in [0.2, 0.25) is 0 Å². The van der Waals surface area contributed by atoms with Crippen LogP contribution in [0.2, 0.25) is 0 Å². The van der Waals surface area contributed by atoms with Crippen LogP contribution in [0.25, 0.3) is 21.2 Å². The normalized spacial score (nSPS) is 17.3. The smallest absolute Gasteiger partial charge is 0.377 e. The molecular weight excluding hydrogens is 574 g/mol. The monoisotopic (exact) mass is 603 g/mol. The number of benzene rings is 3. The van der Waals surface area contributed by atoms with Gasteiger partial charge in [0, 0.05) is 16.7 Å². The van der Waals surface area contributed by atoms with Gasteiger partial charge in [0.1, 0.15) is 6.54 Å². The minimum atomic E-state index is -3.05. The predicted molar refractivity (Wildman–Crippen MR) is 158 cm³/mol. The molecule has 222 valence electrons. The van der Waals surface area contributed by atoms with Crippen LogP contribution in [0.1, 0.15) is 24.0 Å². The third-order valence-electron chi connectivity index (χ3n) is 7.69. The molecule has 0 unspecified atom stereocenters. The van der Waals surface area contributed by atoms with Crippen molar-refractivity contribution in [2.24, 2.45) is 0 Å². The van der Waals surface area contributed by atoms with Crippen LogP contribution in [0.5, 0.6) is 0 Å². The van der Waals surface area contributed by atoms with Gasteiger partial charge in [0.15, 0.2) is 6.10 Å². The molecule has 1 amide bonds. The Morgan fingerprint density at radius 2 is 1.53 bits per heavy atom. The van der Waals surface area contributed by atoms with E-state index in [1.165, 1.54) is 0 Å². The number of carbonyl (C=O) groups is 4. The Hall–Kier alpha value is -4.58. The zero-order chi connectivity index (χ0) is 30.7. The molecule has 3 atom stereocenters. The van der Waals surface area contributed by atoms with Crippen molar-refractivity contribution < 1.29 is 44.0 Å². The summed E-state index contributed by atoms with van der Waals surface area (Å²) in [5.74, 6) is -9.46. The number of carboxylic acid groups (broad SMARTS) is 3. The number of aliphatic carboxylic acids is 3. The van der Waals surface area contributed by atoms with E-state index >= 15 is 0 Å². The Labute approximate surface area is 250 Å². The van der Waals surface area contributed by atoms with Crippen LogP contribution < -0.4 is 0 Å². The number of fused-ring (bicyclic) bond motifs is 1. The van der Waals surface area contributed by atoms with Gasteiger partial charge in [-0.2, -0.15) is 0 Å². The van der Waals surface area contributed by atoms with Crippen LogP contribution in [0.3, 0.4) is 0 Å². The van der Waals surface area contributed by atoms with Crippen molar-refractivity contribution in [1.29, 1.82) is 0 Å². The zero-order valence-electron chi connectivity index (χ0n) is 23.1.